The minimum absolute atomic E-state index is 0.133. The van der Waals surface area contributed by atoms with Crippen LogP contribution in [0, 0.1) is 0 Å². The highest BCUT2D eigenvalue weighted by Crippen LogP contribution is 2.31. The van der Waals surface area contributed by atoms with Crippen LogP contribution in [-0.4, -0.2) is 6.10 Å². The van der Waals surface area contributed by atoms with Crippen LogP contribution in [0.25, 0.3) is 0 Å². The van der Waals surface area contributed by atoms with Crippen molar-refractivity contribution < 1.29 is 4.74 Å². The Kier molecular flexibility index (Phi) is 4.56. The molecular weight excluding hydrogens is 258 g/mol. The summed E-state index contributed by atoms with van der Waals surface area (Å²) >= 11 is 0. The first-order chi connectivity index (χ1) is 10.3. The molecule has 0 amide bonds. The van der Waals surface area contributed by atoms with Crippen molar-refractivity contribution in [2.24, 2.45) is 5.73 Å². The van der Waals surface area contributed by atoms with E-state index in [1.165, 1.54) is 19.3 Å². The highest BCUT2D eigenvalue weighted by Gasteiger charge is 2.19. The van der Waals surface area contributed by atoms with E-state index in [-0.39, 0.29) is 6.04 Å². The minimum Gasteiger partial charge on any atom is -0.490 e. The van der Waals surface area contributed by atoms with Crippen LogP contribution < -0.4 is 10.5 Å². The molecule has 0 aliphatic heterocycles. The Morgan fingerprint density at radius 2 is 1.52 bits per heavy atom. The molecule has 2 heteroatoms. The minimum atomic E-state index is -0.133. The molecule has 0 bridgehead atoms. The molecule has 1 saturated carbocycles. The van der Waals surface area contributed by atoms with Crippen molar-refractivity contribution in [3.8, 4) is 5.75 Å². The second kappa shape index (κ2) is 6.77. The largest absolute Gasteiger partial charge is 0.490 e. The monoisotopic (exact) mass is 281 g/mol. The number of hydrogen-bond acceptors (Lipinski definition) is 2. The fourth-order valence-electron chi connectivity index (χ4n) is 3.05. The molecule has 0 aromatic heterocycles. The van der Waals surface area contributed by atoms with E-state index in [0.717, 1.165) is 29.7 Å². The summed E-state index contributed by atoms with van der Waals surface area (Å²) in [6.45, 7) is 0. The van der Waals surface area contributed by atoms with Crippen molar-refractivity contribution in [3.63, 3.8) is 0 Å². The predicted molar refractivity (Wildman–Crippen MR) is 86.4 cm³/mol. The maximum Gasteiger partial charge on any atom is 0.124 e. The van der Waals surface area contributed by atoms with Gasteiger partial charge in [0.05, 0.1) is 12.1 Å². The zero-order valence-electron chi connectivity index (χ0n) is 12.4. The molecule has 1 aliphatic carbocycles. The van der Waals surface area contributed by atoms with Gasteiger partial charge in [-0.3, -0.25) is 0 Å². The molecule has 1 unspecified atom stereocenters. The Morgan fingerprint density at radius 1 is 0.857 bits per heavy atom. The second-order valence-corrected chi connectivity index (χ2v) is 5.80. The molecule has 21 heavy (non-hydrogen) atoms. The van der Waals surface area contributed by atoms with Gasteiger partial charge in [-0.25, -0.2) is 0 Å². The van der Waals surface area contributed by atoms with Crippen molar-refractivity contribution in [2.75, 3.05) is 0 Å². The maximum atomic E-state index is 6.44. The highest BCUT2D eigenvalue weighted by molar-refractivity contribution is 5.41. The van der Waals surface area contributed by atoms with Crippen molar-refractivity contribution in [3.05, 3.63) is 65.7 Å². The first-order valence-electron chi connectivity index (χ1n) is 7.91. The van der Waals surface area contributed by atoms with Crippen molar-refractivity contribution in [1.29, 1.82) is 0 Å². The van der Waals surface area contributed by atoms with E-state index in [2.05, 4.69) is 18.2 Å². The molecule has 0 radical (unpaired) electrons. The second-order valence-electron chi connectivity index (χ2n) is 5.80. The van der Waals surface area contributed by atoms with Crippen LogP contribution in [0.1, 0.15) is 49.3 Å². The molecule has 3 rings (SSSR count). The third-order valence-corrected chi connectivity index (χ3v) is 4.26. The summed E-state index contributed by atoms with van der Waals surface area (Å²) in [6, 6.07) is 18.3. The Morgan fingerprint density at radius 3 is 2.29 bits per heavy atom. The molecular formula is C19H23NO. The van der Waals surface area contributed by atoms with Gasteiger partial charge in [-0.1, -0.05) is 55.0 Å². The summed E-state index contributed by atoms with van der Waals surface area (Å²) in [5.74, 6) is 0.945. The first kappa shape index (κ1) is 14.2. The SMILES string of the molecule is NC(c1ccccc1)c1ccccc1OC1CCCCC1. The summed E-state index contributed by atoms with van der Waals surface area (Å²) in [5, 5.41) is 0. The van der Waals surface area contributed by atoms with Gasteiger partial charge < -0.3 is 10.5 Å². The Balaban J connectivity index is 1.81. The third-order valence-electron chi connectivity index (χ3n) is 4.26. The van der Waals surface area contributed by atoms with Crippen LogP contribution in [0.4, 0.5) is 0 Å². The average molecular weight is 281 g/mol. The van der Waals surface area contributed by atoms with Crippen molar-refractivity contribution >= 4 is 0 Å². The van der Waals surface area contributed by atoms with Crippen LogP contribution in [0.2, 0.25) is 0 Å². The highest BCUT2D eigenvalue weighted by atomic mass is 16.5. The Labute approximate surface area is 126 Å². The van der Waals surface area contributed by atoms with Gasteiger partial charge in [0.15, 0.2) is 0 Å². The zero-order valence-corrected chi connectivity index (χ0v) is 12.4. The molecule has 2 nitrogen and oxygen atoms in total. The number of rotatable bonds is 4. The van der Waals surface area contributed by atoms with Crippen LogP contribution >= 0.6 is 0 Å². The standard InChI is InChI=1S/C19H23NO/c20-19(15-9-3-1-4-10-15)17-13-7-8-14-18(17)21-16-11-5-2-6-12-16/h1,3-4,7-10,13-14,16,19H,2,5-6,11-12,20H2. The summed E-state index contributed by atoms with van der Waals surface area (Å²) in [4.78, 5) is 0. The molecule has 2 aromatic carbocycles. The van der Waals surface area contributed by atoms with Crippen molar-refractivity contribution in [1.82, 2.24) is 0 Å². The summed E-state index contributed by atoms with van der Waals surface area (Å²) in [7, 11) is 0. The van der Waals surface area contributed by atoms with E-state index in [0.29, 0.717) is 6.10 Å². The Hall–Kier alpha value is -1.80. The summed E-state index contributed by atoms with van der Waals surface area (Å²) in [6.07, 6.45) is 6.56. The lowest BCUT2D eigenvalue weighted by Crippen LogP contribution is -2.21. The van der Waals surface area contributed by atoms with Crippen LogP contribution in [0.3, 0.4) is 0 Å². The Bertz CT molecular complexity index is 561. The molecule has 110 valence electrons. The molecule has 1 fully saturated rings. The van der Waals surface area contributed by atoms with Gasteiger partial charge in [-0.15, -0.1) is 0 Å². The molecule has 0 saturated heterocycles. The predicted octanol–water partition coefficient (Wildman–Crippen LogP) is 4.45. The van der Waals surface area contributed by atoms with E-state index in [1.54, 1.807) is 0 Å². The van der Waals surface area contributed by atoms with Crippen molar-refractivity contribution in [2.45, 2.75) is 44.2 Å². The van der Waals surface area contributed by atoms with Gasteiger partial charge in [0.25, 0.3) is 0 Å². The first-order valence-corrected chi connectivity index (χ1v) is 7.91. The van der Waals surface area contributed by atoms with E-state index in [1.807, 2.05) is 36.4 Å². The van der Waals surface area contributed by atoms with E-state index >= 15 is 0 Å². The lowest BCUT2D eigenvalue weighted by molar-refractivity contribution is 0.153. The average Bonchev–Trinajstić information content (AvgIpc) is 2.56. The maximum absolute atomic E-state index is 6.44. The van der Waals surface area contributed by atoms with Crippen LogP contribution in [-0.2, 0) is 0 Å². The molecule has 0 spiro atoms. The van der Waals surface area contributed by atoms with Crippen LogP contribution in [0.15, 0.2) is 54.6 Å². The van der Waals surface area contributed by atoms with E-state index in [4.69, 9.17) is 10.5 Å². The molecule has 1 atom stereocenters. The number of nitrogens with two attached hydrogens (primary N) is 1. The van der Waals surface area contributed by atoms with Gasteiger partial charge in [0.1, 0.15) is 5.75 Å². The van der Waals surface area contributed by atoms with E-state index in [9.17, 15) is 0 Å². The molecule has 0 heterocycles. The van der Waals surface area contributed by atoms with E-state index < -0.39 is 0 Å². The smallest absolute Gasteiger partial charge is 0.124 e. The normalized spacial score (nSPS) is 17.4. The number of para-hydroxylation sites is 1. The number of benzene rings is 2. The third kappa shape index (κ3) is 3.45. The zero-order chi connectivity index (χ0) is 14.5. The van der Waals surface area contributed by atoms with Gasteiger partial charge in [0.2, 0.25) is 0 Å². The molecule has 1 aliphatic rings. The topological polar surface area (TPSA) is 35.2 Å². The molecule has 2 aromatic rings. The van der Waals surface area contributed by atoms with Gasteiger partial charge >= 0.3 is 0 Å². The lowest BCUT2D eigenvalue weighted by Gasteiger charge is -2.25. The number of ether oxygens (including phenoxy) is 1. The fourth-order valence-corrected chi connectivity index (χ4v) is 3.05. The summed E-state index contributed by atoms with van der Waals surface area (Å²) in [5.41, 5.74) is 8.64. The van der Waals surface area contributed by atoms with Gasteiger partial charge in [-0.05, 0) is 37.3 Å². The summed E-state index contributed by atoms with van der Waals surface area (Å²) < 4.78 is 6.25. The van der Waals surface area contributed by atoms with Gasteiger partial charge in [0, 0.05) is 5.56 Å². The quantitative estimate of drug-likeness (QED) is 0.898. The molecule has 2 N–H and O–H groups in total. The lowest BCUT2D eigenvalue weighted by atomic mass is 9.96. The number of hydrogen-bond donors (Lipinski definition) is 1. The van der Waals surface area contributed by atoms with Gasteiger partial charge in [-0.2, -0.15) is 0 Å². The van der Waals surface area contributed by atoms with Crippen LogP contribution in [0.5, 0.6) is 5.75 Å². The fraction of sp³-hybridized carbons (Fsp3) is 0.368.